The third-order valence-electron chi connectivity index (χ3n) is 3.97. The number of rotatable bonds is 5. The maximum atomic E-state index is 9.40. The van der Waals surface area contributed by atoms with Crippen LogP contribution in [0.4, 0.5) is 0 Å². The van der Waals surface area contributed by atoms with Crippen molar-refractivity contribution in [1.82, 2.24) is 5.32 Å². The summed E-state index contributed by atoms with van der Waals surface area (Å²) in [7, 11) is 5.19. The summed E-state index contributed by atoms with van der Waals surface area (Å²) < 4.78 is 10.9. The molecule has 0 saturated heterocycles. The van der Waals surface area contributed by atoms with Gasteiger partial charge in [-0.2, -0.15) is 5.26 Å². The van der Waals surface area contributed by atoms with Gasteiger partial charge in [-0.05, 0) is 38.9 Å². The lowest BCUT2D eigenvalue weighted by Crippen LogP contribution is -2.26. The van der Waals surface area contributed by atoms with Crippen LogP contribution >= 0.6 is 0 Å². The van der Waals surface area contributed by atoms with E-state index in [-0.39, 0.29) is 11.5 Å². The Morgan fingerprint density at radius 3 is 2.42 bits per heavy atom. The zero-order chi connectivity index (χ0) is 14.0. The topological polar surface area (TPSA) is 54.3 Å². The van der Waals surface area contributed by atoms with Crippen LogP contribution in [0.25, 0.3) is 0 Å². The van der Waals surface area contributed by atoms with E-state index in [0.717, 1.165) is 35.5 Å². The Kier molecular flexibility index (Phi) is 3.68. The highest BCUT2D eigenvalue weighted by atomic mass is 16.5. The minimum absolute atomic E-state index is 0.00273. The zero-order valence-electron chi connectivity index (χ0n) is 11.9. The number of methoxy groups -OCH3 is 2. The van der Waals surface area contributed by atoms with Gasteiger partial charge in [0.05, 0.1) is 31.7 Å². The van der Waals surface area contributed by atoms with Gasteiger partial charge in [0.1, 0.15) is 11.5 Å². The van der Waals surface area contributed by atoms with Crippen LogP contribution in [-0.2, 0) is 0 Å². The highest BCUT2D eigenvalue weighted by molar-refractivity contribution is 5.52. The lowest BCUT2D eigenvalue weighted by Gasteiger charge is -2.25. The highest BCUT2D eigenvalue weighted by Gasteiger charge is 2.51. The van der Waals surface area contributed by atoms with E-state index in [1.54, 1.807) is 14.2 Å². The van der Waals surface area contributed by atoms with Gasteiger partial charge in [0.2, 0.25) is 0 Å². The molecule has 1 saturated carbocycles. The molecule has 0 heterocycles. The van der Waals surface area contributed by atoms with Crippen LogP contribution in [0.1, 0.15) is 30.0 Å². The molecule has 0 aromatic heterocycles. The third-order valence-corrected chi connectivity index (χ3v) is 3.97. The minimum Gasteiger partial charge on any atom is -0.496 e. The zero-order valence-corrected chi connectivity index (χ0v) is 11.9. The van der Waals surface area contributed by atoms with Gasteiger partial charge >= 0.3 is 0 Å². The quantitative estimate of drug-likeness (QED) is 0.884. The first-order valence-electron chi connectivity index (χ1n) is 6.43. The van der Waals surface area contributed by atoms with Gasteiger partial charge in [0, 0.05) is 11.1 Å². The van der Waals surface area contributed by atoms with E-state index in [9.17, 15) is 5.26 Å². The Balaban J connectivity index is 2.50. The molecule has 1 aliphatic rings. The van der Waals surface area contributed by atoms with Gasteiger partial charge in [-0.25, -0.2) is 0 Å². The van der Waals surface area contributed by atoms with Crippen molar-refractivity contribution < 1.29 is 9.47 Å². The lowest BCUT2D eigenvalue weighted by atomic mass is 9.89. The first-order valence-corrected chi connectivity index (χ1v) is 6.43. The predicted molar refractivity (Wildman–Crippen MR) is 73.4 cm³/mol. The Hall–Kier alpha value is -1.73. The van der Waals surface area contributed by atoms with E-state index in [4.69, 9.17) is 9.47 Å². The molecule has 1 unspecified atom stereocenters. The maximum Gasteiger partial charge on any atom is 0.130 e. The van der Waals surface area contributed by atoms with Gasteiger partial charge in [-0.3, -0.25) is 0 Å². The van der Waals surface area contributed by atoms with Crippen LogP contribution in [0.5, 0.6) is 11.5 Å². The van der Waals surface area contributed by atoms with Crippen LogP contribution in [0.3, 0.4) is 0 Å². The number of hydrogen-bond acceptors (Lipinski definition) is 4. The molecule has 2 rings (SSSR count). The molecule has 0 aliphatic heterocycles. The van der Waals surface area contributed by atoms with E-state index < -0.39 is 0 Å². The van der Waals surface area contributed by atoms with Gasteiger partial charge in [0.15, 0.2) is 0 Å². The van der Waals surface area contributed by atoms with Gasteiger partial charge in [0.25, 0.3) is 0 Å². The monoisotopic (exact) mass is 260 g/mol. The van der Waals surface area contributed by atoms with Gasteiger partial charge < -0.3 is 14.8 Å². The summed E-state index contributed by atoms with van der Waals surface area (Å²) in [6.45, 7) is 1.97. The Morgan fingerprint density at radius 1 is 1.32 bits per heavy atom. The molecule has 4 nitrogen and oxygen atoms in total. The number of nitrogens with one attached hydrogen (secondary N) is 1. The van der Waals surface area contributed by atoms with Gasteiger partial charge in [-0.1, -0.05) is 0 Å². The fourth-order valence-electron chi connectivity index (χ4n) is 2.74. The van der Waals surface area contributed by atoms with E-state index >= 15 is 0 Å². The van der Waals surface area contributed by atoms with Crippen LogP contribution < -0.4 is 14.8 Å². The standard InChI is InChI=1S/C15H20N2O2/c1-10-12(18-3)6-5-11(13(10)19-4)14(17-2)15(9-16)7-8-15/h5-6,14,17H,7-8H2,1-4H3. The molecule has 1 aliphatic carbocycles. The smallest absolute Gasteiger partial charge is 0.130 e. The molecule has 102 valence electrons. The summed E-state index contributed by atoms with van der Waals surface area (Å²) in [6, 6.07) is 6.37. The Morgan fingerprint density at radius 2 is 2.00 bits per heavy atom. The summed E-state index contributed by atoms with van der Waals surface area (Å²) in [4.78, 5) is 0. The number of nitriles is 1. The molecule has 1 fully saturated rings. The average molecular weight is 260 g/mol. The van der Waals surface area contributed by atoms with Crippen LogP contribution in [-0.4, -0.2) is 21.3 Å². The summed E-state index contributed by atoms with van der Waals surface area (Å²) in [6.07, 6.45) is 1.87. The van der Waals surface area contributed by atoms with Gasteiger partial charge in [-0.15, -0.1) is 0 Å². The van der Waals surface area contributed by atoms with Crippen molar-refractivity contribution in [3.63, 3.8) is 0 Å². The third kappa shape index (κ3) is 2.15. The Bertz CT molecular complexity index is 516. The molecule has 1 aromatic carbocycles. The molecule has 0 spiro atoms. The molecule has 0 amide bonds. The summed E-state index contributed by atoms with van der Waals surface area (Å²) in [5, 5.41) is 12.7. The molecule has 19 heavy (non-hydrogen) atoms. The van der Waals surface area contributed by atoms with Crippen molar-refractivity contribution in [3.8, 4) is 17.6 Å². The fraction of sp³-hybridized carbons (Fsp3) is 0.533. The van der Waals surface area contributed by atoms with Crippen LogP contribution in [0, 0.1) is 23.7 Å². The average Bonchev–Trinajstić information content (AvgIpc) is 3.21. The van der Waals surface area contributed by atoms with E-state index in [2.05, 4.69) is 11.4 Å². The second-order valence-electron chi connectivity index (χ2n) is 5.00. The Labute approximate surface area is 114 Å². The number of ether oxygens (including phenoxy) is 2. The molecule has 1 atom stereocenters. The van der Waals surface area contributed by atoms with Crippen molar-refractivity contribution in [2.45, 2.75) is 25.8 Å². The van der Waals surface area contributed by atoms with E-state index in [1.165, 1.54) is 0 Å². The number of nitrogens with zero attached hydrogens (tertiary/aromatic N) is 1. The van der Waals surface area contributed by atoms with Crippen molar-refractivity contribution in [2.75, 3.05) is 21.3 Å². The van der Waals surface area contributed by atoms with Crippen molar-refractivity contribution >= 4 is 0 Å². The first-order chi connectivity index (χ1) is 9.13. The molecule has 1 N–H and O–H groups in total. The SMILES string of the molecule is CNC(c1ccc(OC)c(C)c1OC)C1(C#N)CC1. The van der Waals surface area contributed by atoms with Crippen molar-refractivity contribution in [1.29, 1.82) is 5.26 Å². The lowest BCUT2D eigenvalue weighted by molar-refractivity contribution is 0.367. The molecule has 1 aromatic rings. The second kappa shape index (κ2) is 5.10. The number of hydrogen-bond donors (Lipinski definition) is 1. The van der Waals surface area contributed by atoms with E-state index in [0.29, 0.717) is 0 Å². The first kappa shape index (κ1) is 13.7. The van der Waals surface area contributed by atoms with Crippen molar-refractivity contribution in [2.24, 2.45) is 5.41 Å². The molecular weight excluding hydrogens is 240 g/mol. The van der Waals surface area contributed by atoms with Crippen LogP contribution in [0.15, 0.2) is 12.1 Å². The predicted octanol–water partition coefficient (Wildman–Crippen LogP) is 2.58. The van der Waals surface area contributed by atoms with Crippen LogP contribution in [0.2, 0.25) is 0 Å². The molecular formula is C15H20N2O2. The molecule has 4 heteroatoms. The number of benzene rings is 1. The minimum atomic E-state index is -0.289. The summed E-state index contributed by atoms with van der Waals surface area (Å²) in [5.74, 6) is 1.61. The normalized spacial score (nSPS) is 17.4. The summed E-state index contributed by atoms with van der Waals surface area (Å²) in [5.41, 5.74) is 1.71. The molecule has 0 radical (unpaired) electrons. The summed E-state index contributed by atoms with van der Waals surface area (Å²) >= 11 is 0. The fourth-order valence-corrected chi connectivity index (χ4v) is 2.74. The maximum absolute atomic E-state index is 9.40. The highest BCUT2D eigenvalue weighted by Crippen LogP contribution is 2.56. The molecule has 0 bridgehead atoms. The van der Waals surface area contributed by atoms with Crippen molar-refractivity contribution in [3.05, 3.63) is 23.3 Å². The largest absolute Gasteiger partial charge is 0.496 e. The second-order valence-corrected chi connectivity index (χ2v) is 5.00. The van der Waals surface area contributed by atoms with E-state index in [1.807, 2.05) is 26.1 Å².